The molecule has 1 heterocycles. The second-order valence-corrected chi connectivity index (χ2v) is 5.51. The Morgan fingerprint density at radius 1 is 1.32 bits per heavy atom. The first-order valence-corrected chi connectivity index (χ1v) is 7.26. The standard InChI is InChI=1S/C15H14Cl2N2O3/c1-2-14(20)18-7-9-8-19(4-3-15(21)22)13-6-12(17)11(16)5-10(9)13/h2,5-6,8H,1,3-4,7H2,(H,18,20)(H,21,22). The van der Waals surface area contributed by atoms with Crippen molar-refractivity contribution in [3.63, 3.8) is 0 Å². The van der Waals surface area contributed by atoms with Crippen molar-refractivity contribution in [3.05, 3.63) is 46.6 Å². The summed E-state index contributed by atoms with van der Waals surface area (Å²) in [5.41, 5.74) is 1.60. The van der Waals surface area contributed by atoms with Crippen molar-refractivity contribution in [1.82, 2.24) is 9.88 Å². The summed E-state index contributed by atoms with van der Waals surface area (Å²) >= 11 is 12.1. The molecule has 2 rings (SSSR count). The van der Waals surface area contributed by atoms with E-state index in [1.54, 1.807) is 22.9 Å². The van der Waals surface area contributed by atoms with Gasteiger partial charge >= 0.3 is 5.97 Å². The fourth-order valence-corrected chi connectivity index (χ4v) is 2.48. The summed E-state index contributed by atoms with van der Waals surface area (Å²) in [6.45, 7) is 3.99. The fourth-order valence-electron chi connectivity index (χ4n) is 2.15. The number of aromatic nitrogens is 1. The van der Waals surface area contributed by atoms with Gasteiger partial charge in [0, 0.05) is 30.2 Å². The van der Waals surface area contributed by atoms with Gasteiger partial charge in [-0.1, -0.05) is 29.8 Å². The van der Waals surface area contributed by atoms with Crippen LogP contribution in [-0.4, -0.2) is 21.6 Å². The van der Waals surface area contributed by atoms with Gasteiger partial charge in [-0.15, -0.1) is 0 Å². The molecule has 0 bridgehead atoms. The molecule has 0 unspecified atom stereocenters. The maximum absolute atomic E-state index is 11.3. The molecule has 0 spiro atoms. The number of hydrogen-bond acceptors (Lipinski definition) is 2. The average Bonchev–Trinajstić information content (AvgIpc) is 2.80. The molecule has 0 aliphatic heterocycles. The van der Waals surface area contributed by atoms with Gasteiger partial charge in [-0.3, -0.25) is 9.59 Å². The van der Waals surface area contributed by atoms with Crippen LogP contribution in [0, 0.1) is 0 Å². The summed E-state index contributed by atoms with van der Waals surface area (Å²) in [4.78, 5) is 22.1. The zero-order valence-corrected chi connectivity index (χ0v) is 13.1. The highest BCUT2D eigenvalue weighted by Gasteiger charge is 2.12. The number of amides is 1. The van der Waals surface area contributed by atoms with E-state index in [0.717, 1.165) is 16.5 Å². The Morgan fingerprint density at radius 2 is 2.00 bits per heavy atom. The van der Waals surface area contributed by atoms with Crippen molar-refractivity contribution in [3.8, 4) is 0 Å². The van der Waals surface area contributed by atoms with Crippen molar-refractivity contribution < 1.29 is 14.7 Å². The van der Waals surface area contributed by atoms with E-state index in [-0.39, 0.29) is 12.3 Å². The van der Waals surface area contributed by atoms with Crippen molar-refractivity contribution in [2.24, 2.45) is 0 Å². The van der Waals surface area contributed by atoms with Gasteiger partial charge in [-0.05, 0) is 23.8 Å². The van der Waals surface area contributed by atoms with Crippen LogP contribution in [0.1, 0.15) is 12.0 Å². The van der Waals surface area contributed by atoms with Crippen molar-refractivity contribution in [2.75, 3.05) is 0 Å². The van der Waals surface area contributed by atoms with Gasteiger partial charge in [0.15, 0.2) is 0 Å². The number of carboxylic acid groups (broad SMARTS) is 1. The van der Waals surface area contributed by atoms with E-state index >= 15 is 0 Å². The largest absolute Gasteiger partial charge is 0.481 e. The Morgan fingerprint density at radius 3 is 2.64 bits per heavy atom. The first-order valence-electron chi connectivity index (χ1n) is 6.51. The number of nitrogens with one attached hydrogen (secondary N) is 1. The Balaban J connectivity index is 2.41. The number of rotatable bonds is 6. The lowest BCUT2D eigenvalue weighted by molar-refractivity contribution is -0.137. The van der Waals surface area contributed by atoms with Crippen LogP contribution in [0.15, 0.2) is 31.0 Å². The topological polar surface area (TPSA) is 71.3 Å². The number of carboxylic acids is 1. The van der Waals surface area contributed by atoms with Crippen LogP contribution in [0.3, 0.4) is 0 Å². The molecule has 5 nitrogen and oxygen atoms in total. The molecule has 1 amide bonds. The van der Waals surface area contributed by atoms with E-state index in [4.69, 9.17) is 28.3 Å². The quantitative estimate of drug-likeness (QED) is 0.793. The summed E-state index contributed by atoms with van der Waals surface area (Å²) in [5, 5.41) is 13.1. The summed E-state index contributed by atoms with van der Waals surface area (Å²) in [6.07, 6.45) is 2.97. The molecule has 7 heteroatoms. The number of carbonyl (C=O) groups is 2. The van der Waals surface area contributed by atoms with Crippen LogP contribution < -0.4 is 5.32 Å². The third-order valence-corrected chi connectivity index (χ3v) is 3.93. The van der Waals surface area contributed by atoms with E-state index in [2.05, 4.69) is 11.9 Å². The number of carbonyl (C=O) groups excluding carboxylic acids is 1. The first kappa shape index (κ1) is 16.4. The number of hydrogen-bond donors (Lipinski definition) is 2. The Labute approximate surface area is 137 Å². The second kappa shape index (κ2) is 6.85. The maximum Gasteiger partial charge on any atom is 0.305 e. The van der Waals surface area contributed by atoms with Crippen LogP contribution in [0.5, 0.6) is 0 Å². The predicted octanol–water partition coefficient (Wildman–Crippen LogP) is 3.23. The molecule has 1 aromatic heterocycles. The number of halogens is 2. The van der Waals surface area contributed by atoms with Gasteiger partial charge in [0.1, 0.15) is 0 Å². The molecule has 22 heavy (non-hydrogen) atoms. The van der Waals surface area contributed by atoms with Crippen LogP contribution in [-0.2, 0) is 22.7 Å². The minimum absolute atomic E-state index is 0.0114. The van der Waals surface area contributed by atoms with Gasteiger partial charge in [0.25, 0.3) is 0 Å². The van der Waals surface area contributed by atoms with Gasteiger partial charge in [-0.25, -0.2) is 0 Å². The molecule has 2 aromatic rings. The van der Waals surface area contributed by atoms with Crippen molar-refractivity contribution in [2.45, 2.75) is 19.5 Å². The number of nitrogens with zero attached hydrogens (tertiary/aromatic N) is 1. The lowest BCUT2D eigenvalue weighted by Gasteiger charge is -2.04. The molecule has 0 radical (unpaired) electrons. The zero-order chi connectivity index (χ0) is 16.3. The first-order chi connectivity index (χ1) is 10.4. The smallest absolute Gasteiger partial charge is 0.305 e. The minimum Gasteiger partial charge on any atom is -0.481 e. The SMILES string of the molecule is C=CC(=O)NCc1cn(CCC(=O)O)c2cc(Cl)c(Cl)cc12. The molecule has 0 saturated heterocycles. The molecular weight excluding hydrogens is 327 g/mol. The Bertz CT molecular complexity index is 753. The van der Waals surface area contributed by atoms with Crippen molar-refractivity contribution >= 4 is 46.0 Å². The molecule has 0 aliphatic rings. The third-order valence-electron chi connectivity index (χ3n) is 3.21. The van der Waals surface area contributed by atoms with Gasteiger partial charge in [0.05, 0.1) is 16.5 Å². The molecular formula is C15H14Cl2N2O3. The van der Waals surface area contributed by atoms with E-state index < -0.39 is 5.97 Å². The zero-order valence-electron chi connectivity index (χ0n) is 11.6. The van der Waals surface area contributed by atoms with Crippen LogP contribution in [0.2, 0.25) is 10.0 Å². The number of benzene rings is 1. The highest BCUT2D eigenvalue weighted by Crippen LogP contribution is 2.31. The monoisotopic (exact) mass is 340 g/mol. The van der Waals surface area contributed by atoms with Crippen LogP contribution in [0.25, 0.3) is 10.9 Å². The third kappa shape index (κ3) is 3.61. The summed E-state index contributed by atoms with van der Waals surface area (Å²) in [5.74, 6) is -1.17. The molecule has 0 saturated carbocycles. The molecule has 0 atom stereocenters. The van der Waals surface area contributed by atoms with E-state index in [1.807, 2.05) is 0 Å². The number of aryl methyl sites for hydroxylation is 1. The van der Waals surface area contributed by atoms with E-state index in [1.165, 1.54) is 6.08 Å². The van der Waals surface area contributed by atoms with Gasteiger partial charge in [-0.2, -0.15) is 0 Å². The number of aliphatic carboxylic acids is 1. The average molecular weight is 341 g/mol. The Kier molecular flexibility index (Phi) is 5.11. The van der Waals surface area contributed by atoms with Gasteiger partial charge < -0.3 is 15.0 Å². The minimum atomic E-state index is -0.886. The lowest BCUT2D eigenvalue weighted by atomic mass is 10.2. The predicted molar refractivity (Wildman–Crippen MR) is 86.3 cm³/mol. The highest BCUT2D eigenvalue weighted by molar-refractivity contribution is 6.42. The summed E-state index contributed by atoms with van der Waals surface area (Å²) in [7, 11) is 0. The van der Waals surface area contributed by atoms with Crippen LogP contribution in [0.4, 0.5) is 0 Å². The molecule has 1 aromatic carbocycles. The summed E-state index contributed by atoms with van der Waals surface area (Å²) in [6, 6.07) is 3.41. The van der Waals surface area contributed by atoms with E-state index in [9.17, 15) is 9.59 Å². The van der Waals surface area contributed by atoms with E-state index in [0.29, 0.717) is 23.1 Å². The van der Waals surface area contributed by atoms with Crippen LogP contribution >= 0.6 is 23.2 Å². The highest BCUT2D eigenvalue weighted by atomic mass is 35.5. The molecule has 0 fully saturated rings. The molecule has 0 aliphatic carbocycles. The van der Waals surface area contributed by atoms with Gasteiger partial charge in [0.2, 0.25) is 5.91 Å². The second-order valence-electron chi connectivity index (χ2n) is 4.70. The lowest BCUT2D eigenvalue weighted by Crippen LogP contribution is -2.19. The fraction of sp³-hybridized carbons (Fsp3) is 0.200. The number of fused-ring (bicyclic) bond motifs is 1. The normalized spacial score (nSPS) is 10.6. The maximum atomic E-state index is 11.3. The Hall–Kier alpha value is -1.98. The molecule has 2 N–H and O–H groups in total. The van der Waals surface area contributed by atoms with Crippen molar-refractivity contribution in [1.29, 1.82) is 0 Å². The molecule has 116 valence electrons. The summed E-state index contributed by atoms with van der Waals surface area (Å²) < 4.78 is 1.79.